The summed E-state index contributed by atoms with van der Waals surface area (Å²) in [5.41, 5.74) is 1.94. The normalized spacial score (nSPS) is 10.6. The number of amides is 2. The molecule has 1 aromatic heterocycles. The first-order valence-corrected chi connectivity index (χ1v) is 8.10. The highest BCUT2D eigenvalue weighted by Gasteiger charge is 2.10. The molecule has 0 fully saturated rings. The average molecular weight is 333 g/mol. The van der Waals surface area contributed by atoms with Gasteiger partial charge in [-0.15, -0.1) is 0 Å². The molecule has 0 bridgehead atoms. The van der Waals surface area contributed by atoms with Crippen molar-refractivity contribution < 1.29 is 9.59 Å². The van der Waals surface area contributed by atoms with Gasteiger partial charge in [0.2, 0.25) is 11.8 Å². The lowest BCUT2D eigenvalue weighted by Gasteiger charge is -2.10. The number of aryl methyl sites for hydroxylation is 1. The first-order chi connectivity index (χ1) is 10.9. The van der Waals surface area contributed by atoms with Crippen molar-refractivity contribution in [3.8, 4) is 0 Å². The van der Waals surface area contributed by atoms with Gasteiger partial charge in [0.25, 0.3) is 0 Å². The van der Waals surface area contributed by atoms with E-state index in [4.69, 9.17) is 0 Å². The first kappa shape index (κ1) is 17.0. The van der Waals surface area contributed by atoms with Gasteiger partial charge in [0.1, 0.15) is 6.54 Å². The van der Waals surface area contributed by atoms with E-state index >= 15 is 0 Å². The highest BCUT2D eigenvalue weighted by Crippen LogP contribution is 2.16. The van der Waals surface area contributed by atoms with E-state index in [0.717, 1.165) is 17.0 Å². The van der Waals surface area contributed by atoms with Crippen molar-refractivity contribution in [3.05, 3.63) is 45.0 Å². The van der Waals surface area contributed by atoms with Gasteiger partial charge in [0, 0.05) is 28.4 Å². The number of thiazole rings is 1. The molecule has 0 saturated carbocycles. The van der Waals surface area contributed by atoms with Gasteiger partial charge in [-0.3, -0.25) is 19.0 Å². The van der Waals surface area contributed by atoms with Crippen LogP contribution in [0.15, 0.2) is 34.4 Å². The molecule has 23 heavy (non-hydrogen) atoms. The Bertz CT molecular complexity index is 777. The van der Waals surface area contributed by atoms with Crippen LogP contribution >= 0.6 is 11.3 Å². The van der Waals surface area contributed by atoms with Crippen LogP contribution in [0.2, 0.25) is 0 Å². The Morgan fingerprint density at radius 3 is 2.43 bits per heavy atom. The molecular formula is C16H19N3O3S. The fraction of sp³-hybridized carbons (Fsp3) is 0.312. The minimum Gasteiger partial charge on any atom is -0.326 e. The van der Waals surface area contributed by atoms with Gasteiger partial charge in [-0.25, -0.2) is 0 Å². The van der Waals surface area contributed by atoms with Crippen LogP contribution in [0.3, 0.4) is 0 Å². The summed E-state index contributed by atoms with van der Waals surface area (Å²) in [6, 6.07) is 6.91. The predicted molar refractivity (Wildman–Crippen MR) is 91.9 cm³/mol. The van der Waals surface area contributed by atoms with Crippen LogP contribution in [0.1, 0.15) is 19.5 Å². The number of nitrogens with one attached hydrogen (secondary N) is 2. The SMILES string of the molecule is Cc1csc(=O)n1CC(=O)Nc1cccc(NC(=O)C(C)C)c1. The van der Waals surface area contributed by atoms with E-state index in [1.54, 1.807) is 36.6 Å². The van der Waals surface area contributed by atoms with Crippen LogP contribution in [-0.2, 0) is 16.1 Å². The summed E-state index contributed by atoms with van der Waals surface area (Å²) in [5.74, 6) is -0.503. The predicted octanol–water partition coefficient (Wildman–Crippen LogP) is 2.45. The largest absolute Gasteiger partial charge is 0.326 e. The molecule has 0 aliphatic carbocycles. The average Bonchev–Trinajstić information content (AvgIpc) is 2.79. The van der Waals surface area contributed by atoms with Crippen molar-refractivity contribution in [2.24, 2.45) is 5.92 Å². The van der Waals surface area contributed by atoms with Crippen LogP contribution in [-0.4, -0.2) is 16.4 Å². The minimum absolute atomic E-state index is 0.0310. The van der Waals surface area contributed by atoms with Crippen molar-refractivity contribution >= 4 is 34.5 Å². The zero-order chi connectivity index (χ0) is 17.0. The molecule has 1 aromatic carbocycles. The fourth-order valence-corrected chi connectivity index (χ4v) is 2.64. The number of aromatic nitrogens is 1. The molecule has 1 heterocycles. The van der Waals surface area contributed by atoms with E-state index in [-0.39, 0.29) is 29.1 Å². The molecule has 0 aliphatic rings. The van der Waals surface area contributed by atoms with Gasteiger partial charge in [-0.1, -0.05) is 31.3 Å². The Morgan fingerprint density at radius 2 is 1.87 bits per heavy atom. The zero-order valence-electron chi connectivity index (χ0n) is 13.3. The van der Waals surface area contributed by atoms with Crippen molar-refractivity contribution in [1.82, 2.24) is 4.57 Å². The number of anilines is 2. The number of nitrogens with zero attached hydrogens (tertiary/aromatic N) is 1. The van der Waals surface area contributed by atoms with Crippen LogP contribution in [0, 0.1) is 12.8 Å². The monoisotopic (exact) mass is 333 g/mol. The smallest absolute Gasteiger partial charge is 0.307 e. The molecule has 2 N–H and O–H groups in total. The van der Waals surface area contributed by atoms with E-state index in [1.165, 1.54) is 4.57 Å². The third-order valence-corrected chi connectivity index (χ3v) is 4.10. The summed E-state index contributed by atoms with van der Waals surface area (Å²) >= 11 is 1.07. The molecule has 0 aliphatic heterocycles. The van der Waals surface area contributed by atoms with Crippen LogP contribution < -0.4 is 15.5 Å². The van der Waals surface area contributed by atoms with Gasteiger partial charge in [-0.2, -0.15) is 0 Å². The molecule has 0 saturated heterocycles. The van der Waals surface area contributed by atoms with Gasteiger partial charge in [-0.05, 0) is 25.1 Å². The molecule has 0 radical (unpaired) electrons. The van der Waals surface area contributed by atoms with E-state index in [9.17, 15) is 14.4 Å². The summed E-state index contributed by atoms with van der Waals surface area (Å²) < 4.78 is 1.42. The summed E-state index contributed by atoms with van der Waals surface area (Å²) in [5, 5.41) is 7.23. The summed E-state index contributed by atoms with van der Waals surface area (Å²) in [6.07, 6.45) is 0. The second-order valence-corrected chi connectivity index (χ2v) is 6.32. The summed E-state index contributed by atoms with van der Waals surface area (Å²) in [6.45, 7) is 5.37. The molecule has 2 amide bonds. The second-order valence-electron chi connectivity index (χ2n) is 5.50. The van der Waals surface area contributed by atoms with Crippen molar-refractivity contribution in [2.45, 2.75) is 27.3 Å². The maximum absolute atomic E-state index is 12.1. The van der Waals surface area contributed by atoms with Crippen molar-refractivity contribution in [2.75, 3.05) is 10.6 Å². The molecular weight excluding hydrogens is 314 g/mol. The van der Waals surface area contributed by atoms with Crippen molar-refractivity contribution in [3.63, 3.8) is 0 Å². The van der Waals surface area contributed by atoms with Crippen LogP contribution in [0.5, 0.6) is 0 Å². The molecule has 0 unspecified atom stereocenters. The maximum atomic E-state index is 12.1. The third-order valence-electron chi connectivity index (χ3n) is 3.22. The molecule has 0 spiro atoms. The summed E-state index contributed by atoms with van der Waals surface area (Å²) in [4.78, 5) is 35.2. The Kier molecular flexibility index (Phi) is 5.33. The van der Waals surface area contributed by atoms with Gasteiger partial charge in [0.05, 0.1) is 0 Å². The van der Waals surface area contributed by atoms with Crippen molar-refractivity contribution in [1.29, 1.82) is 0 Å². The van der Waals surface area contributed by atoms with Gasteiger partial charge in [0.15, 0.2) is 0 Å². The number of benzene rings is 1. The molecule has 2 aromatic rings. The fourth-order valence-electron chi connectivity index (χ4n) is 1.90. The minimum atomic E-state index is -0.291. The van der Waals surface area contributed by atoms with Crippen LogP contribution in [0.4, 0.5) is 11.4 Å². The van der Waals surface area contributed by atoms with E-state index in [1.807, 2.05) is 13.8 Å². The van der Waals surface area contributed by atoms with E-state index < -0.39 is 0 Å². The highest BCUT2D eigenvalue weighted by molar-refractivity contribution is 7.07. The zero-order valence-corrected chi connectivity index (χ0v) is 14.1. The maximum Gasteiger partial charge on any atom is 0.307 e. The lowest BCUT2D eigenvalue weighted by molar-refractivity contribution is -0.119. The Morgan fingerprint density at radius 1 is 1.22 bits per heavy atom. The molecule has 2 rings (SSSR count). The lowest BCUT2D eigenvalue weighted by atomic mass is 10.2. The molecule has 122 valence electrons. The highest BCUT2D eigenvalue weighted by atomic mass is 32.1. The number of carbonyl (C=O) groups excluding carboxylic acids is 2. The van der Waals surface area contributed by atoms with Crippen LogP contribution in [0.25, 0.3) is 0 Å². The topological polar surface area (TPSA) is 80.2 Å². The third kappa shape index (κ3) is 4.53. The number of hydrogen-bond donors (Lipinski definition) is 2. The summed E-state index contributed by atoms with van der Waals surface area (Å²) in [7, 11) is 0. The van der Waals surface area contributed by atoms with E-state index in [2.05, 4.69) is 10.6 Å². The molecule has 6 nitrogen and oxygen atoms in total. The molecule has 0 atom stereocenters. The standard InChI is InChI=1S/C16H19N3O3S/c1-10(2)15(21)18-13-6-4-5-12(7-13)17-14(20)8-19-11(3)9-23-16(19)22/h4-7,9-10H,8H2,1-3H3,(H,17,20)(H,18,21). The number of rotatable bonds is 5. The first-order valence-electron chi connectivity index (χ1n) is 7.22. The lowest BCUT2D eigenvalue weighted by Crippen LogP contribution is -2.25. The molecule has 7 heteroatoms. The van der Waals surface area contributed by atoms with Gasteiger partial charge >= 0.3 is 4.87 Å². The Hall–Kier alpha value is -2.41. The van der Waals surface area contributed by atoms with Gasteiger partial charge < -0.3 is 10.6 Å². The number of carbonyl (C=O) groups is 2. The second kappa shape index (κ2) is 7.23. The number of hydrogen-bond acceptors (Lipinski definition) is 4. The Labute approximate surface area is 138 Å². The van der Waals surface area contributed by atoms with E-state index in [0.29, 0.717) is 11.4 Å². The Balaban J connectivity index is 2.04. The quantitative estimate of drug-likeness (QED) is 0.882.